The molecule has 0 aliphatic carbocycles. The van der Waals surface area contributed by atoms with Gasteiger partial charge in [-0.1, -0.05) is 30.3 Å². The number of aromatic nitrogens is 2. The monoisotopic (exact) mass is 325 g/mol. The summed E-state index contributed by atoms with van der Waals surface area (Å²) < 4.78 is 5.35. The number of benzene rings is 1. The van der Waals surface area contributed by atoms with Gasteiger partial charge in [-0.05, 0) is 37.7 Å². The van der Waals surface area contributed by atoms with Crippen LogP contribution in [0.3, 0.4) is 0 Å². The molecule has 1 aliphatic rings. The fourth-order valence-corrected chi connectivity index (χ4v) is 3.13. The van der Waals surface area contributed by atoms with Gasteiger partial charge in [-0.15, -0.1) is 0 Å². The highest BCUT2D eigenvalue weighted by Crippen LogP contribution is 2.23. The van der Waals surface area contributed by atoms with Gasteiger partial charge in [0.25, 0.3) is 5.91 Å². The number of hydrogen-bond acceptors (Lipinski definition) is 4. The first kappa shape index (κ1) is 16.4. The van der Waals surface area contributed by atoms with Crippen LogP contribution < -0.4 is 4.74 Å². The second-order valence-corrected chi connectivity index (χ2v) is 6.10. The smallest absolute Gasteiger partial charge is 0.272 e. The minimum absolute atomic E-state index is 0.0310. The highest BCUT2D eigenvalue weighted by atomic mass is 16.5. The van der Waals surface area contributed by atoms with Gasteiger partial charge in [0.05, 0.1) is 6.61 Å². The summed E-state index contributed by atoms with van der Waals surface area (Å²) in [5.41, 5.74) is 1.79. The van der Waals surface area contributed by atoms with E-state index in [1.165, 1.54) is 11.9 Å². The average Bonchev–Trinajstić information content (AvgIpc) is 2.63. The zero-order valence-electron chi connectivity index (χ0n) is 14.0. The quantitative estimate of drug-likeness (QED) is 0.848. The molecule has 0 saturated carbocycles. The van der Waals surface area contributed by atoms with E-state index in [-0.39, 0.29) is 5.91 Å². The van der Waals surface area contributed by atoms with Gasteiger partial charge in [0.15, 0.2) is 0 Å². The minimum atomic E-state index is -0.0310. The molecule has 0 atom stereocenters. The van der Waals surface area contributed by atoms with Gasteiger partial charge in [0.2, 0.25) is 5.88 Å². The Morgan fingerprint density at radius 3 is 2.67 bits per heavy atom. The predicted molar refractivity (Wildman–Crippen MR) is 92.0 cm³/mol. The number of carbonyl (C=O) groups excluding carboxylic acids is 1. The molecule has 24 heavy (non-hydrogen) atoms. The van der Waals surface area contributed by atoms with E-state index in [4.69, 9.17) is 4.74 Å². The van der Waals surface area contributed by atoms with Crippen LogP contribution in [0.15, 0.2) is 42.7 Å². The standard InChI is InChI=1S/C19H23N3O2/c1-2-24-18-13-17(20-14-21-18)19(23)22-10-8-16(9-11-22)12-15-6-4-3-5-7-15/h3-7,13-14,16H,2,8-12H2,1H3. The zero-order chi connectivity index (χ0) is 16.8. The summed E-state index contributed by atoms with van der Waals surface area (Å²) >= 11 is 0. The Morgan fingerprint density at radius 2 is 1.96 bits per heavy atom. The van der Waals surface area contributed by atoms with Crippen molar-refractivity contribution in [1.29, 1.82) is 0 Å². The van der Waals surface area contributed by atoms with E-state index in [1.54, 1.807) is 6.07 Å². The minimum Gasteiger partial charge on any atom is -0.478 e. The molecule has 5 heteroatoms. The van der Waals surface area contributed by atoms with Crippen LogP contribution in [0.2, 0.25) is 0 Å². The summed E-state index contributed by atoms with van der Waals surface area (Å²) in [4.78, 5) is 22.6. The molecular weight excluding hydrogens is 302 g/mol. The summed E-state index contributed by atoms with van der Waals surface area (Å²) in [5.74, 6) is 1.06. The lowest BCUT2D eigenvalue weighted by atomic mass is 9.90. The largest absolute Gasteiger partial charge is 0.478 e. The number of carbonyl (C=O) groups is 1. The van der Waals surface area contributed by atoms with Crippen LogP contribution in [0.25, 0.3) is 0 Å². The number of piperidine rings is 1. The fourth-order valence-electron chi connectivity index (χ4n) is 3.13. The normalized spacial score (nSPS) is 15.3. The first-order chi connectivity index (χ1) is 11.8. The Bertz CT molecular complexity index is 667. The van der Waals surface area contributed by atoms with Crippen LogP contribution in [0.5, 0.6) is 5.88 Å². The van der Waals surface area contributed by atoms with E-state index in [2.05, 4.69) is 34.2 Å². The molecule has 2 heterocycles. The Balaban J connectivity index is 1.56. The maximum Gasteiger partial charge on any atom is 0.272 e. The van der Waals surface area contributed by atoms with Crippen molar-refractivity contribution in [3.8, 4) is 5.88 Å². The van der Waals surface area contributed by atoms with Crippen molar-refractivity contribution in [1.82, 2.24) is 14.9 Å². The van der Waals surface area contributed by atoms with Crippen molar-refractivity contribution < 1.29 is 9.53 Å². The van der Waals surface area contributed by atoms with Gasteiger partial charge in [0.1, 0.15) is 12.0 Å². The Kier molecular flexibility index (Phi) is 5.41. The van der Waals surface area contributed by atoms with Gasteiger partial charge >= 0.3 is 0 Å². The number of ether oxygens (including phenoxy) is 1. The average molecular weight is 325 g/mol. The fraction of sp³-hybridized carbons (Fsp3) is 0.421. The molecule has 0 radical (unpaired) electrons. The second-order valence-electron chi connectivity index (χ2n) is 6.10. The van der Waals surface area contributed by atoms with Crippen molar-refractivity contribution in [3.63, 3.8) is 0 Å². The number of hydrogen-bond donors (Lipinski definition) is 0. The molecule has 2 aromatic rings. The van der Waals surface area contributed by atoms with E-state index in [0.29, 0.717) is 24.1 Å². The Hall–Kier alpha value is -2.43. The van der Waals surface area contributed by atoms with Crippen LogP contribution in [0.4, 0.5) is 0 Å². The Morgan fingerprint density at radius 1 is 1.21 bits per heavy atom. The van der Waals surface area contributed by atoms with Crippen LogP contribution >= 0.6 is 0 Å². The van der Waals surface area contributed by atoms with E-state index in [0.717, 1.165) is 32.4 Å². The number of nitrogens with zero attached hydrogens (tertiary/aromatic N) is 3. The van der Waals surface area contributed by atoms with Crippen LogP contribution in [0.1, 0.15) is 35.8 Å². The highest BCUT2D eigenvalue weighted by Gasteiger charge is 2.24. The molecule has 0 N–H and O–H groups in total. The van der Waals surface area contributed by atoms with Crippen molar-refractivity contribution in [2.24, 2.45) is 5.92 Å². The van der Waals surface area contributed by atoms with Crippen LogP contribution in [-0.2, 0) is 6.42 Å². The van der Waals surface area contributed by atoms with Gasteiger partial charge < -0.3 is 9.64 Å². The summed E-state index contributed by atoms with van der Waals surface area (Å²) in [5, 5.41) is 0. The zero-order valence-corrected chi connectivity index (χ0v) is 14.0. The molecule has 1 amide bonds. The lowest BCUT2D eigenvalue weighted by Crippen LogP contribution is -2.39. The SMILES string of the molecule is CCOc1cc(C(=O)N2CCC(Cc3ccccc3)CC2)ncn1. The Labute approximate surface area is 142 Å². The van der Waals surface area contributed by atoms with Crippen molar-refractivity contribution >= 4 is 5.91 Å². The number of amides is 1. The van der Waals surface area contributed by atoms with Crippen molar-refractivity contribution in [2.45, 2.75) is 26.2 Å². The molecular formula is C19H23N3O2. The van der Waals surface area contributed by atoms with Crippen LogP contribution in [0, 0.1) is 5.92 Å². The maximum atomic E-state index is 12.6. The predicted octanol–water partition coefficient (Wildman–Crippen LogP) is 2.97. The van der Waals surface area contributed by atoms with E-state index >= 15 is 0 Å². The van der Waals surface area contributed by atoms with E-state index in [1.807, 2.05) is 17.9 Å². The third kappa shape index (κ3) is 4.10. The lowest BCUT2D eigenvalue weighted by molar-refractivity contribution is 0.0683. The molecule has 5 nitrogen and oxygen atoms in total. The summed E-state index contributed by atoms with van der Waals surface area (Å²) in [6.07, 6.45) is 4.54. The van der Waals surface area contributed by atoms with Gasteiger partial charge in [-0.3, -0.25) is 4.79 Å². The molecule has 126 valence electrons. The van der Waals surface area contributed by atoms with Gasteiger partial charge in [0, 0.05) is 19.2 Å². The third-order valence-electron chi connectivity index (χ3n) is 4.42. The van der Waals surface area contributed by atoms with Crippen molar-refractivity contribution in [3.05, 3.63) is 54.0 Å². The molecule has 1 fully saturated rings. The molecule has 1 saturated heterocycles. The summed E-state index contributed by atoms with van der Waals surface area (Å²) in [6.45, 7) is 3.98. The number of rotatable bonds is 5. The van der Waals surface area contributed by atoms with Crippen molar-refractivity contribution in [2.75, 3.05) is 19.7 Å². The molecule has 1 aliphatic heterocycles. The summed E-state index contributed by atoms with van der Waals surface area (Å²) in [6, 6.07) is 12.2. The van der Waals surface area contributed by atoms with Crippen LogP contribution in [-0.4, -0.2) is 40.5 Å². The molecule has 0 spiro atoms. The third-order valence-corrected chi connectivity index (χ3v) is 4.42. The molecule has 1 aromatic heterocycles. The molecule has 0 unspecified atom stereocenters. The molecule has 3 rings (SSSR count). The first-order valence-corrected chi connectivity index (χ1v) is 8.54. The second kappa shape index (κ2) is 7.90. The van der Waals surface area contributed by atoms with Gasteiger partial charge in [-0.25, -0.2) is 9.97 Å². The molecule has 0 bridgehead atoms. The first-order valence-electron chi connectivity index (χ1n) is 8.54. The maximum absolute atomic E-state index is 12.6. The summed E-state index contributed by atoms with van der Waals surface area (Å²) in [7, 11) is 0. The lowest BCUT2D eigenvalue weighted by Gasteiger charge is -2.32. The topological polar surface area (TPSA) is 55.3 Å². The molecule has 1 aromatic carbocycles. The highest BCUT2D eigenvalue weighted by molar-refractivity contribution is 5.92. The van der Waals surface area contributed by atoms with E-state index in [9.17, 15) is 4.79 Å². The van der Waals surface area contributed by atoms with E-state index < -0.39 is 0 Å². The van der Waals surface area contributed by atoms with Gasteiger partial charge in [-0.2, -0.15) is 0 Å². The number of likely N-dealkylation sites (tertiary alicyclic amines) is 1.